The predicted molar refractivity (Wildman–Crippen MR) is 182 cm³/mol. The van der Waals surface area contributed by atoms with Gasteiger partial charge in [-0.2, -0.15) is 0 Å². The van der Waals surface area contributed by atoms with Crippen molar-refractivity contribution >= 4 is 23.8 Å². The van der Waals surface area contributed by atoms with Gasteiger partial charge in [0, 0.05) is 25.7 Å². The quantitative estimate of drug-likeness (QED) is 0.164. The molecule has 7 rings (SSSR count). The van der Waals surface area contributed by atoms with E-state index in [9.17, 15) is 20.4 Å². The summed E-state index contributed by atoms with van der Waals surface area (Å²) in [6.07, 6.45) is 1.32. The van der Waals surface area contributed by atoms with Gasteiger partial charge in [0.25, 0.3) is 0 Å². The van der Waals surface area contributed by atoms with Crippen molar-refractivity contribution in [2.45, 2.75) is 25.7 Å². The second-order valence-electron chi connectivity index (χ2n) is 11.6. The molecule has 5 heteroatoms. The van der Waals surface area contributed by atoms with E-state index in [-0.39, 0.29) is 23.0 Å². The molecule has 1 aliphatic carbocycles. The van der Waals surface area contributed by atoms with Crippen molar-refractivity contribution in [2.75, 3.05) is 0 Å². The highest BCUT2D eigenvalue weighted by Gasteiger charge is 2.23. The molecule has 0 aliphatic heterocycles. The summed E-state index contributed by atoms with van der Waals surface area (Å²) in [6, 6.07) is 42.0. The second kappa shape index (κ2) is 12.1. The van der Waals surface area contributed by atoms with Crippen LogP contribution in [0.3, 0.4) is 0 Å². The first-order valence-electron chi connectivity index (χ1n) is 15.1. The molecule has 4 N–H and O–H groups in total. The summed E-state index contributed by atoms with van der Waals surface area (Å²) in [5.41, 5.74) is 5.61. The minimum absolute atomic E-state index is 0.164. The Labute approximate surface area is 264 Å². The molecule has 6 aromatic rings. The Kier molecular flexibility index (Phi) is 7.75. The molecule has 8 bridgehead atoms. The first-order valence-corrected chi connectivity index (χ1v) is 16.4. The number of hydrogen-bond donors (Lipinski definition) is 4. The summed E-state index contributed by atoms with van der Waals surface area (Å²) in [6.45, 7) is 0. The molecule has 45 heavy (non-hydrogen) atoms. The minimum Gasteiger partial charge on any atom is -0.507 e. The van der Waals surface area contributed by atoms with E-state index >= 15 is 0 Å². The van der Waals surface area contributed by atoms with Crippen molar-refractivity contribution < 1.29 is 20.4 Å². The van der Waals surface area contributed by atoms with Crippen molar-refractivity contribution in [1.82, 2.24) is 0 Å². The lowest BCUT2D eigenvalue weighted by atomic mass is 9.91. The molecule has 0 heterocycles. The summed E-state index contributed by atoms with van der Waals surface area (Å²) in [5, 5.41) is 49.5. The number of phenolic OH excluding ortho intramolecular Hbond substituents is 4. The number of aromatic hydroxyl groups is 4. The van der Waals surface area contributed by atoms with Crippen LogP contribution < -0.4 is 15.9 Å². The van der Waals surface area contributed by atoms with Gasteiger partial charge in [-0.25, -0.2) is 0 Å². The lowest BCUT2D eigenvalue weighted by molar-refractivity contribution is 0.450. The van der Waals surface area contributed by atoms with E-state index in [0.29, 0.717) is 70.2 Å². The summed E-state index contributed by atoms with van der Waals surface area (Å²) in [7, 11) is -0.964. The molecule has 0 saturated carbocycles. The van der Waals surface area contributed by atoms with E-state index in [1.54, 1.807) is 0 Å². The highest BCUT2D eigenvalue weighted by atomic mass is 31.1. The minimum atomic E-state index is -0.964. The molecule has 0 spiro atoms. The van der Waals surface area contributed by atoms with Gasteiger partial charge in [0.15, 0.2) is 0 Å². The van der Waals surface area contributed by atoms with Crippen molar-refractivity contribution in [3.63, 3.8) is 0 Å². The van der Waals surface area contributed by atoms with Gasteiger partial charge in [-0.05, 0) is 80.5 Å². The van der Waals surface area contributed by atoms with Crippen LogP contribution in [-0.4, -0.2) is 20.4 Å². The number of fused-ring (bicyclic) bond motifs is 8. The van der Waals surface area contributed by atoms with Gasteiger partial charge in [0.2, 0.25) is 0 Å². The van der Waals surface area contributed by atoms with E-state index in [0.717, 1.165) is 5.30 Å². The van der Waals surface area contributed by atoms with Crippen molar-refractivity contribution in [2.24, 2.45) is 0 Å². The number of para-hydroxylation sites is 3. The van der Waals surface area contributed by atoms with Crippen LogP contribution in [0.2, 0.25) is 0 Å². The molecule has 1 aliphatic rings. The van der Waals surface area contributed by atoms with Crippen LogP contribution in [0.25, 0.3) is 0 Å². The third-order valence-corrected chi connectivity index (χ3v) is 11.1. The van der Waals surface area contributed by atoms with Gasteiger partial charge in [0.1, 0.15) is 23.0 Å². The Bertz CT molecular complexity index is 1870. The Morgan fingerprint density at radius 1 is 0.311 bits per heavy atom. The van der Waals surface area contributed by atoms with E-state index in [4.69, 9.17) is 0 Å². The average molecular weight is 609 g/mol. The first kappa shape index (κ1) is 28.7. The van der Waals surface area contributed by atoms with Gasteiger partial charge in [-0.15, -0.1) is 0 Å². The van der Waals surface area contributed by atoms with Gasteiger partial charge < -0.3 is 20.4 Å². The molecule has 0 fully saturated rings. The monoisotopic (exact) mass is 608 g/mol. The maximum Gasteiger partial charge on any atom is 0.122 e. The number of hydrogen-bond acceptors (Lipinski definition) is 4. The summed E-state index contributed by atoms with van der Waals surface area (Å²) < 4.78 is 0. The third kappa shape index (κ3) is 5.66. The number of rotatable bonds is 3. The van der Waals surface area contributed by atoms with E-state index in [2.05, 4.69) is 60.7 Å². The van der Waals surface area contributed by atoms with Gasteiger partial charge >= 0.3 is 0 Å². The molecule has 0 aromatic heterocycles. The van der Waals surface area contributed by atoms with Crippen LogP contribution in [0.4, 0.5) is 0 Å². The molecule has 6 aromatic carbocycles. The van der Waals surface area contributed by atoms with Crippen LogP contribution in [0, 0.1) is 0 Å². The molecular formula is C40H33O4P. The fraction of sp³-hybridized carbons (Fsp3) is 0.100. The molecule has 0 amide bonds. The zero-order valence-electron chi connectivity index (χ0n) is 24.7. The van der Waals surface area contributed by atoms with Crippen molar-refractivity contribution in [3.8, 4) is 23.0 Å². The lowest BCUT2D eigenvalue weighted by Crippen LogP contribution is -2.21. The van der Waals surface area contributed by atoms with Gasteiger partial charge in [0.05, 0.1) is 0 Å². The van der Waals surface area contributed by atoms with Crippen LogP contribution in [0.1, 0.15) is 44.5 Å². The smallest absolute Gasteiger partial charge is 0.122 e. The SMILES string of the molecule is Oc1c2cccc1Cc1cccc(c1O)Cc1cc(P(c3ccccc3)c3ccccc3)cc(c1O)Cc1cccc(c1O)C2. The standard InChI is InChI=1S/C40H33O4P/c41-37-26-10-7-11-27(37)21-29-13-9-15-31(39(29)43)23-33-25-36(45(34-16-3-1-4-17-34)35-18-5-2-6-19-35)24-32(40(33)44)22-30-14-8-12-28(20-26)38(30)42/h1-19,24-25,41-44H,20-23H2. The zero-order valence-corrected chi connectivity index (χ0v) is 25.6. The first-order chi connectivity index (χ1) is 22.0. The van der Waals surface area contributed by atoms with Crippen molar-refractivity contribution in [1.29, 1.82) is 0 Å². The summed E-state index contributed by atoms with van der Waals surface area (Å²) in [5.74, 6) is 0.662. The Morgan fingerprint density at radius 3 is 0.933 bits per heavy atom. The maximum absolute atomic E-state index is 11.8. The lowest BCUT2D eigenvalue weighted by Gasteiger charge is -2.23. The van der Waals surface area contributed by atoms with Crippen LogP contribution in [0.5, 0.6) is 23.0 Å². The van der Waals surface area contributed by atoms with Crippen LogP contribution in [-0.2, 0) is 25.7 Å². The maximum atomic E-state index is 11.8. The molecule has 222 valence electrons. The Morgan fingerprint density at radius 2 is 0.600 bits per heavy atom. The summed E-state index contributed by atoms with van der Waals surface area (Å²) in [4.78, 5) is 0. The normalized spacial score (nSPS) is 12.6. The van der Waals surface area contributed by atoms with Crippen LogP contribution in [0.15, 0.2) is 127 Å². The predicted octanol–water partition coefficient (Wildman–Crippen LogP) is 6.94. The molecule has 0 saturated heterocycles. The molecule has 4 nitrogen and oxygen atoms in total. The van der Waals surface area contributed by atoms with Gasteiger partial charge in [-0.1, -0.05) is 115 Å². The Balaban J connectivity index is 1.45. The van der Waals surface area contributed by atoms with E-state index in [1.807, 2.05) is 66.7 Å². The molecule has 0 atom stereocenters. The topological polar surface area (TPSA) is 80.9 Å². The van der Waals surface area contributed by atoms with Crippen LogP contribution >= 0.6 is 7.92 Å². The fourth-order valence-electron chi connectivity index (χ4n) is 6.35. The fourth-order valence-corrected chi connectivity index (χ4v) is 8.76. The summed E-state index contributed by atoms with van der Waals surface area (Å²) >= 11 is 0. The number of phenols is 4. The zero-order chi connectivity index (χ0) is 30.9. The Hall–Kier alpha value is -5.05. The van der Waals surface area contributed by atoms with Crippen molar-refractivity contribution in [3.05, 3.63) is 172 Å². The average Bonchev–Trinajstić information content (AvgIpc) is 3.05. The molecule has 0 radical (unpaired) electrons. The number of benzene rings is 6. The largest absolute Gasteiger partial charge is 0.507 e. The van der Waals surface area contributed by atoms with Gasteiger partial charge in [-0.3, -0.25) is 0 Å². The van der Waals surface area contributed by atoms with E-state index in [1.165, 1.54) is 10.6 Å². The molecular weight excluding hydrogens is 575 g/mol. The molecule has 0 unspecified atom stereocenters. The third-order valence-electron chi connectivity index (χ3n) is 8.67. The highest BCUT2D eigenvalue weighted by molar-refractivity contribution is 7.79. The highest BCUT2D eigenvalue weighted by Crippen LogP contribution is 2.40. The van der Waals surface area contributed by atoms with E-state index < -0.39 is 7.92 Å². The second-order valence-corrected chi connectivity index (χ2v) is 13.8.